The Kier molecular flexibility index (Phi) is 4.04. The topological polar surface area (TPSA) is 58.9 Å². The molecule has 0 saturated heterocycles. The van der Waals surface area contributed by atoms with Crippen molar-refractivity contribution in [2.45, 2.75) is 6.61 Å². The third-order valence-corrected chi connectivity index (χ3v) is 4.89. The molecule has 134 valence electrons. The second-order valence-electron chi connectivity index (χ2n) is 6.67. The van der Waals surface area contributed by atoms with Gasteiger partial charge < -0.3 is 5.11 Å². The SMILES string of the molecule is OCc1cc(-c2cccc3cccnc23)nc(-c2cccc3cccnc23)c1. The number of nitrogens with zero attached hydrogens (tertiary/aromatic N) is 3. The van der Waals surface area contributed by atoms with E-state index >= 15 is 0 Å². The minimum absolute atomic E-state index is 0.0566. The fourth-order valence-corrected chi connectivity index (χ4v) is 3.58. The van der Waals surface area contributed by atoms with Gasteiger partial charge in [-0.3, -0.25) is 9.97 Å². The van der Waals surface area contributed by atoms with E-state index in [0.717, 1.165) is 49.9 Å². The minimum atomic E-state index is -0.0566. The van der Waals surface area contributed by atoms with Gasteiger partial charge in [0.2, 0.25) is 0 Å². The summed E-state index contributed by atoms with van der Waals surface area (Å²) in [5, 5.41) is 12.0. The number of aliphatic hydroxyl groups is 1. The highest BCUT2D eigenvalue weighted by molar-refractivity contribution is 5.95. The fraction of sp³-hybridized carbons (Fsp3) is 0.0417. The van der Waals surface area contributed by atoms with Crippen molar-refractivity contribution < 1.29 is 5.11 Å². The monoisotopic (exact) mass is 363 g/mol. The summed E-state index contributed by atoms with van der Waals surface area (Å²) >= 11 is 0. The number of hydrogen-bond donors (Lipinski definition) is 1. The lowest BCUT2D eigenvalue weighted by atomic mass is 10.0. The van der Waals surface area contributed by atoms with Gasteiger partial charge in [-0.05, 0) is 29.8 Å². The van der Waals surface area contributed by atoms with Gasteiger partial charge in [-0.2, -0.15) is 0 Å². The van der Waals surface area contributed by atoms with Gasteiger partial charge in [0.15, 0.2) is 0 Å². The van der Waals surface area contributed by atoms with E-state index in [4.69, 9.17) is 4.98 Å². The van der Waals surface area contributed by atoms with Crippen molar-refractivity contribution in [3.63, 3.8) is 0 Å². The molecule has 0 saturated carbocycles. The summed E-state index contributed by atoms with van der Waals surface area (Å²) in [6.07, 6.45) is 3.58. The van der Waals surface area contributed by atoms with Crippen molar-refractivity contribution >= 4 is 21.8 Å². The normalized spacial score (nSPS) is 11.2. The predicted octanol–water partition coefficient (Wildman–Crippen LogP) is 5.00. The average molecular weight is 363 g/mol. The Morgan fingerprint density at radius 3 is 1.64 bits per heavy atom. The predicted molar refractivity (Wildman–Crippen MR) is 112 cm³/mol. The summed E-state index contributed by atoms with van der Waals surface area (Å²) in [5.41, 5.74) is 6.08. The van der Waals surface area contributed by atoms with Crippen LogP contribution in [0.3, 0.4) is 0 Å². The maximum Gasteiger partial charge on any atom is 0.0795 e. The minimum Gasteiger partial charge on any atom is -0.392 e. The first-order valence-electron chi connectivity index (χ1n) is 9.13. The van der Waals surface area contributed by atoms with Gasteiger partial charge in [-0.1, -0.05) is 48.5 Å². The van der Waals surface area contributed by atoms with Crippen molar-refractivity contribution in [1.29, 1.82) is 0 Å². The molecule has 5 aromatic rings. The van der Waals surface area contributed by atoms with E-state index in [9.17, 15) is 5.11 Å². The maximum atomic E-state index is 9.85. The molecule has 28 heavy (non-hydrogen) atoms. The highest BCUT2D eigenvalue weighted by Crippen LogP contribution is 2.31. The molecule has 0 unspecified atom stereocenters. The van der Waals surface area contributed by atoms with Crippen LogP contribution in [-0.2, 0) is 6.61 Å². The molecular weight excluding hydrogens is 346 g/mol. The molecule has 5 rings (SSSR count). The second kappa shape index (κ2) is 6.83. The summed E-state index contributed by atoms with van der Waals surface area (Å²) in [6, 6.07) is 23.9. The zero-order valence-electron chi connectivity index (χ0n) is 15.1. The average Bonchev–Trinajstić information content (AvgIpc) is 2.78. The Morgan fingerprint density at radius 1 is 0.643 bits per heavy atom. The van der Waals surface area contributed by atoms with Gasteiger partial charge in [-0.25, -0.2) is 4.98 Å². The van der Waals surface area contributed by atoms with Gasteiger partial charge in [0, 0.05) is 34.3 Å². The standard InChI is InChI=1S/C24H17N3O/c28-15-16-13-21(19-9-1-5-17-7-3-11-25-23(17)19)27-22(14-16)20-10-2-6-18-8-4-12-26-24(18)20/h1-14,28H,15H2. The number of aromatic nitrogens is 3. The number of rotatable bonds is 3. The number of aliphatic hydroxyl groups excluding tert-OH is 1. The van der Waals surface area contributed by atoms with Gasteiger partial charge in [0.1, 0.15) is 0 Å². The van der Waals surface area contributed by atoms with E-state index in [2.05, 4.69) is 9.97 Å². The molecule has 0 atom stereocenters. The van der Waals surface area contributed by atoms with E-state index in [-0.39, 0.29) is 6.61 Å². The molecule has 3 heterocycles. The van der Waals surface area contributed by atoms with Crippen molar-refractivity contribution in [2.24, 2.45) is 0 Å². The maximum absolute atomic E-state index is 9.85. The number of pyridine rings is 3. The quantitative estimate of drug-likeness (QED) is 0.490. The number of hydrogen-bond acceptors (Lipinski definition) is 4. The van der Waals surface area contributed by atoms with Crippen LogP contribution in [0.4, 0.5) is 0 Å². The van der Waals surface area contributed by atoms with E-state index in [0.29, 0.717) is 0 Å². The largest absolute Gasteiger partial charge is 0.392 e. The third-order valence-electron chi connectivity index (χ3n) is 4.89. The van der Waals surface area contributed by atoms with Crippen LogP contribution >= 0.6 is 0 Å². The van der Waals surface area contributed by atoms with Crippen molar-refractivity contribution in [1.82, 2.24) is 15.0 Å². The Morgan fingerprint density at radius 2 is 1.14 bits per heavy atom. The molecule has 0 aliphatic heterocycles. The number of fused-ring (bicyclic) bond motifs is 2. The smallest absolute Gasteiger partial charge is 0.0795 e. The highest BCUT2D eigenvalue weighted by Gasteiger charge is 2.12. The van der Waals surface area contributed by atoms with Crippen LogP contribution in [0, 0.1) is 0 Å². The summed E-state index contributed by atoms with van der Waals surface area (Å²) in [7, 11) is 0. The molecular formula is C24H17N3O. The summed E-state index contributed by atoms with van der Waals surface area (Å²) < 4.78 is 0. The van der Waals surface area contributed by atoms with Crippen LogP contribution < -0.4 is 0 Å². The van der Waals surface area contributed by atoms with Crippen LogP contribution in [0.5, 0.6) is 0 Å². The molecule has 2 aromatic carbocycles. The zero-order valence-corrected chi connectivity index (χ0v) is 15.1. The molecule has 0 bridgehead atoms. The van der Waals surface area contributed by atoms with E-state index < -0.39 is 0 Å². The Bertz CT molecular complexity index is 1210. The van der Waals surface area contributed by atoms with E-state index in [1.54, 1.807) is 12.4 Å². The highest BCUT2D eigenvalue weighted by atomic mass is 16.3. The van der Waals surface area contributed by atoms with Crippen LogP contribution in [-0.4, -0.2) is 20.1 Å². The van der Waals surface area contributed by atoms with Gasteiger partial charge >= 0.3 is 0 Å². The van der Waals surface area contributed by atoms with Crippen molar-refractivity contribution in [3.8, 4) is 22.5 Å². The first kappa shape index (κ1) is 16.5. The van der Waals surface area contributed by atoms with Crippen molar-refractivity contribution in [2.75, 3.05) is 0 Å². The van der Waals surface area contributed by atoms with Crippen LogP contribution in [0.2, 0.25) is 0 Å². The Hall–Kier alpha value is -3.63. The lowest BCUT2D eigenvalue weighted by molar-refractivity contribution is 0.282. The van der Waals surface area contributed by atoms with Crippen LogP contribution in [0.25, 0.3) is 44.3 Å². The number of para-hydroxylation sites is 2. The van der Waals surface area contributed by atoms with Gasteiger partial charge in [0.05, 0.1) is 29.0 Å². The molecule has 1 N–H and O–H groups in total. The molecule has 0 spiro atoms. The zero-order chi connectivity index (χ0) is 18.9. The molecule has 4 heteroatoms. The van der Waals surface area contributed by atoms with Crippen LogP contribution in [0.15, 0.2) is 85.2 Å². The first-order chi connectivity index (χ1) is 13.8. The first-order valence-corrected chi connectivity index (χ1v) is 9.13. The second-order valence-corrected chi connectivity index (χ2v) is 6.67. The Balaban J connectivity index is 1.77. The molecule has 0 amide bonds. The Labute approximate surface area is 162 Å². The van der Waals surface area contributed by atoms with Gasteiger partial charge in [0.25, 0.3) is 0 Å². The van der Waals surface area contributed by atoms with E-state index in [1.165, 1.54) is 0 Å². The molecule has 0 aliphatic carbocycles. The van der Waals surface area contributed by atoms with Crippen LogP contribution in [0.1, 0.15) is 5.56 Å². The van der Waals surface area contributed by atoms with Crippen molar-refractivity contribution in [3.05, 3.63) is 90.8 Å². The molecule has 0 radical (unpaired) electrons. The summed E-state index contributed by atoms with van der Waals surface area (Å²) in [6.45, 7) is -0.0566. The summed E-state index contributed by atoms with van der Waals surface area (Å²) in [5.74, 6) is 0. The molecule has 4 nitrogen and oxygen atoms in total. The molecule has 0 fully saturated rings. The third kappa shape index (κ3) is 2.80. The lowest BCUT2D eigenvalue weighted by Crippen LogP contribution is -1.95. The fourth-order valence-electron chi connectivity index (χ4n) is 3.58. The molecule has 3 aromatic heterocycles. The lowest BCUT2D eigenvalue weighted by Gasteiger charge is -2.11. The summed E-state index contributed by atoms with van der Waals surface area (Å²) in [4.78, 5) is 14.0. The van der Waals surface area contributed by atoms with Gasteiger partial charge in [-0.15, -0.1) is 0 Å². The van der Waals surface area contributed by atoms with E-state index in [1.807, 2.05) is 72.8 Å². The molecule has 0 aliphatic rings. The number of benzene rings is 2.